The minimum absolute atomic E-state index is 0.0665. The molecule has 0 unspecified atom stereocenters. The Hall–Kier alpha value is -0.313. The molecular weight excluding hydrogens is 288 g/mol. The Balaban J connectivity index is 3.53. The van der Waals surface area contributed by atoms with Crippen molar-refractivity contribution in [1.29, 1.82) is 0 Å². The Morgan fingerprint density at radius 2 is 1.09 bits per heavy atom. The first-order valence-corrected chi connectivity index (χ1v) is 12.4. The van der Waals surface area contributed by atoms with Gasteiger partial charge in [-0.2, -0.15) is 0 Å². The SMILES string of the molecule is CCCCCCCCCCCCC(=O)O[Si](CC)(CC)CC. The van der Waals surface area contributed by atoms with Crippen LogP contribution in [0.3, 0.4) is 0 Å². The van der Waals surface area contributed by atoms with Gasteiger partial charge in [-0.3, -0.25) is 4.79 Å². The topological polar surface area (TPSA) is 26.3 Å². The molecule has 0 N–H and O–H groups in total. The lowest BCUT2D eigenvalue weighted by molar-refractivity contribution is -0.135. The summed E-state index contributed by atoms with van der Waals surface area (Å²) < 4.78 is 5.87. The zero-order valence-electron chi connectivity index (χ0n) is 15.7. The molecule has 3 heteroatoms. The van der Waals surface area contributed by atoms with Crippen LogP contribution < -0.4 is 0 Å². The highest BCUT2D eigenvalue weighted by atomic mass is 28.4. The summed E-state index contributed by atoms with van der Waals surface area (Å²) >= 11 is 0. The summed E-state index contributed by atoms with van der Waals surface area (Å²) in [6, 6.07) is 3.18. The number of carbonyl (C=O) groups excluding carboxylic acids is 1. The first-order chi connectivity index (χ1) is 10.6. The molecule has 0 aliphatic carbocycles. The van der Waals surface area contributed by atoms with Crippen LogP contribution in [-0.4, -0.2) is 14.3 Å². The van der Waals surface area contributed by atoms with Crippen LogP contribution in [0.1, 0.15) is 98.3 Å². The van der Waals surface area contributed by atoms with E-state index >= 15 is 0 Å². The van der Waals surface area contributed by atoms with Crippen LogP contribution in [0.15, 0.2) is 0 Å². The van der Waals surface area contributed by atoms with Crippen molar-refractivity contribution >= 4 is 14.3 Å². The minimum atomic E-state index is -1.73. The van der Waals surface area contributed by atoms with Crippen molar-refractivity contribution in [3.8, 4) is 0 Å². The lowest BCUT2D eigenvalue weighted by atomic mass is 10.1. The van der Waals surface area contributed by atoms with E-state index in [4.69, 9.17) is 4.43 Å². The molecule has 0 rings (SSSR count). The van der Waals surface area contributed by atoms with E-state index < -0.39 is 8.32 Å². The van der Waals surface area contributed by atoms with Crippen molar-refractivity contribution in [2.45, 2.75) is 116 Å². The maximum Gasteiger partial charge on any atom is 0.292 e. The molecule has 0 atom stereocenters. The molecule has 0 aliphatic rings. The van der Waals surface area contributed by atoms with Gasteiger partial charge in [-0.1, -0.05) is 85.5 Å². The summed E-state index contributed by atoms with van der Waals surface area (Å²) in [5.74, 6) is 0.0665. The van der Waals surface area contributed by atoms with Crippen molar-refractivity contribution in [3.63, 3.8) is 0 Å². The van der Waals surface area contributed by atoms with Gasteiger partial charge in [0.05, 0.1) is 0 Å². The van der Waals surface area contributed by atoms with Gasteiger partial charge in [-0.05, 0) is 24.6 Å². The van der Waals surface area contributed by atoms with Crippen molar-refractivity contribution in [2.24, 2.45) is 0 Å². The highest BCUT2D eigenvalue weighted by Crippen LogP contribution is 2.22. The summed E-state index contributed by atoms with van der Waals surface area (Å²) in [7, 11) is -1.73. The highest BCUT2D eigenvalue weighted by molar-refractivity contribution is 6.74. The molecule has 0 aromatic heterocycles. The van der Waals surface area contributed by atoms with E-state index in [0.717, 1.165) is 24.6 Å². The smallest absolute Gasteiger partial charge is 0.292 e. The molecule has 0 saturated carbocycles. The summed E-state index contributed by atoms with van der Waals surface area (Å²) in [6.45, 7) is 8.78. The van der Waals surface area contributed by atoms with Crippen LogP contribution in [0.25, 0.3) is 0 Å². The Labute approximate surface area is 140 Å². The number of rotatable bonds is 15. The van der Waals surface area contributed by atoms with Crippen LogP contribution >= 0.6 is 0 Å². The van der Waals surface area contributed by atoms with Gasteiger partial charge in [0.2, 0.25) is 0 Å². The molecule has 0 aromatic rings. The third-order valence-corrected chi connectivity index (χ3v) is 9.52. The molecule has 0 radical (unpaired) electrons. The zero-order valence-corrected chi connectivity index (χ0v) is 16.7. The van der Waals surface area contributed by atoms with Gasteiger partial charge < -0.3 is 4.43 Å². The van der Waals surface area contributed by atoms with Gasteiger partial charge in [0.25, 0.3) is 14.3 Å². The monoisotopic (exact) mass is 328 g/mol. The van der Waals surface area contributed by atoms with Gasteiger partial charge in [0.15, 0.2) is 0 Å². The van der Waals surface area contributed by atoms with Gasteiger partial charge in [-0.25, -0.2) is 0 Å². The summed E-state index contributed by atoms with van der Waals surface area (Å²) in [5, 5.41) is 0. The predicted molar refractivity (Wildman–Crippen MR) is 99.8 cm³/mol. The lowest BCUT2D eigenvalue weighted by Gasteiger charge is -2.27. The molecule has 0 aliphatic heterocycles. The van der Waals surface area contributed by atoms with E-state index in [9.17, 15) is 4.79 Å². The fourth-order valence-corrected chi connectivity index (χ4v) is 5.53. The van der Waals surface area contributed by atoms with E-state index in [1.165, 1.54) is 57.8 Å². The van der Waals surface area contributed by atoms with Crippen molar-refractivity contribution in [3.05, 3.63) is 0 Å². The van der Waals surface area contributed by atoms with Crippen LogP contribution in [0, 0.1) is 0 Å². The largest absolute Gasteiger partial charge is 0.519 e. The molecule has 132 valence electrons. The highest BCUT2D eigenvalue weighted by Gasteiger charge is 2.32. The lowest BCUT2D eigenvalue weighted by Crippen LogP contribution is -2.38. The van der Waals surface area contributed by atoms with E-state index in [2.05, 4.69) is 27.7 Å². The van der Waals surface area contributed by atoms with Gasteiger partial charge in [0, 0.05) is 6.42 Å². The van der Waals surface area contributed by atoms with Crippen molar-refractivity contribution in [1.82, 2.24) is 0 Å². The summed E-state index contributed by atoms with van der Waals surface area (Å²) in [4.78, 5) is 12.0. The molecule has 0 spiro atoms. The van der Waals surface area contributed by atoms with E-state index in [-0.39, 0.29) is 5.97 Å². The van der Waals surface area contributed by atoms with Crippen molar-refractivity contribution < 1.29 is 9.22 Å². The molecule has 0 bridgehead atoms. The fourth-order valence-electron chi connectivity index (χ4n) is 3.02. The number of hydrogen-bond acceptors (Lipinski definition) is 2. The van der Waals surface area contributed by atoms with E-state index in [0.29, 0.717) is 6.42 Å². The van der Waals surface area contributed by atoms with E-state index in [1.54, 1.807) is 0 Å². The minimum Gasteiger partial charge on any atom is -0.519 e. The number of hydrogen-bond donors (Lipinski definition) is 0. The normalized spacial score (nSPS) is 11.6. The Morgan fingerprint density at radius 3 is 1.50 bits per heavy atom. The first kappa shape index (κ1) is 21.7. The standard InChI is InChI=1S/C19H40O2Si/c1-5-9-10-11-12-13-14-15-16-17-18-19(20)21-22(6-2,7-3)8-4/h5-18H2,1-4H3. The fraction of sp³-hybridized carbons (Fsp3) is 0.947. The average Bonchev–Trinajstić information content (AvgIpc) is 2.54. The maximum absolute atomic E-state index is 12.0. The quantitative estimate of drug-likeness (QED) is 0.243. The third-order valence-electron chi connectivity index (χ3n) is 5.00. The van der Waals surface area contributed by atoms with Gasteiger partial charge in [-0.15, -0.1) is 0 Å². The van der Waals surface area contributed by atoms with E-state index in [1.807, 2.05) is 0 Å². The second-order valence-corrected chi connectivity index (χ2v) is 11.3. The summed E-state index contributed by atoms with van der Waals surface area (Å²) in [5.41, 5.74) is 0. The van der Waals surface area contributed by atoms with Gasteiger partial charge >= 0.3 is 0 Å². The molecule has 2 nitrogen and oxygen atoms in total. The molecule has 0 saturated heterocycles. The van der Waals surface area contributed by atoms with Crippen LogP contribution in [0.5, 0.6) is 0 Å². The Kier molecular flexibility index (Phi) is 14.1. The second kappa shape index (κ2) is 14.3. The van der Waals surface area contributed by atoms with Gasteiger partial charge in [0.1, 0.15) is 0 Å². The second-order valence-electron chi connectivity index (χ2n) is 6.65. The Bertz CT molecular complexity index is 254. The maximum atomic E-state index is 12.0. The van der Waals surface area contributed by atoms with Crippen LogP contribution in [-0.2, 0) is 9.22 Å². The summed E-state index contributed by atoms with van der Waals surface area (Å²) in [6.07, 6.45) is 13.7. The van der Waals surface area contributed by atoms with Crippen LogP contribution in [0.4, 0.5) is 0 Å². The number of unbranched alkanes of at least 4 members (excludes halogenated alkanes) is 9. The molecule has 0 aromatic carbocycles. The molecule has 22 heavy (non-hydrogen) atoms. The molecule has 0 heterocycles. The number of carbonyl (C=O) groups is 1. The molecule has 0 amide bonds. The predicted octanol–water partition coefficient (Wildman–Crippen LogP) is 6.85. The first-order valence-electron chi connectivity index (χ1n) is 9.86. The average molecular weight is 329 g/mol. The van der Waals surface area contributed by atoms with Crippen LogP contribution in [0.2, 0.25) is 18.1 Å². The Morgan fingerprint density at radius 1 is 0.682 bits per heavy atom. The molecular formula is C19H40O2Si. The molecule has 0 fully saturated rings. The zero-order chi connectivity index (χ0) is 16.7. The van der Waals surface area contributed by atoms with Crippen molar-refractivity contribution in [2.75, 3.05) is 0 Å². The third kappa shape index (κ3) is 10.4.